The Bertz CT molecular complexity index is 171. The van der Waals surface area contributed by atoms with Gasteiger partial charge in [0.15, 0.2) is 0 Å². The Kier molecular flexibility index (Phi) is 5.72. The normalized spacial score (nSPS) is 13.8. The Morgan fingerprint density at radius 3 is 2.29 bits per heavy atom. The Balaban J connectivity index is 4.37. The average Bonchev–Trinajstić information content (AvgIpc) is 2.24. The van der Waals surface area contributed by atoms with Crippen molar-refractivity contribution in [1.82, 2.24) is 5.32 Å². The van der Waals surface area contributed by atoms with Crippen LogP contribution >= 0.6 is 0 Å². The van der Waals surface area contributed by atoms with Crippen LogP contribution in [0.25, 0.3) is 0 Å². The number of amides is 1. The average molecular weight is 202 g/mol. The van der Waals surface area contributed by atoms with E-state index in [4.69, 9.17) is 10.5 Å². The maximum atomic E-state index is 11.6. The number of hydrogen-bond acceptors (Lipinski definition) is 3. The van der Waals surface area contributed by atoms with Crippen molar-refractivity contribution in [2.75, 3.05) is 13.7 Å². The number of carbonyl (C=O) groups excluding carboxylic acids is 1. The van der Waals surface area contributed by atoms with Crippen LogP contribution in [0.15, 0.2) is 0 Å². The van der Waals surface area contributed by atoms with E-state index in [1.807, 2.05) is 13.8 Å². The quantitative estimate of drug-likeness (QED) is 0.665. The predicted molar refractivity (Wildman–Crippen MR) is 57.0 cm³/mol. The number of hydrogen-bond donors (Lipinski definition) is 2. The van der Waals surface area contributed by atoms with Crippen molar-refractivity contribution in [3.05, 3.63) is 0 Å². The van der Waals surface area contributed by atoms with Crippen molar-refractivity contribution in [3.63, 3.8) is 0 Å². The summed E-state index contributed by atoms with van der Waals surface area (Å²) in [5.74, 6) is -0.0957. The molecule has 0 radical (unpaired) electrons. The molecule has 4 nitrogen and oxygen atoms in total. The Morgan fingerprint density at radius 2 is 2.00 bits per heavy atom. The van der Waals surface area contributed by atoms with Crippen LogP contribution in [0.2, 0.25) is 0 Å². The van der Waals surface area contributed by atoms with Crippen molar-refractivity contribution in [2.24, 2.45) is 5.73 Å². The molecule has 0 spiro atoms. The smallest absolute Gasteiger partial charge is 0.249 e. The molecule has 0 bridgehead atoms. The van der Waals surface area contributed by atoms with Crippen LogP contribution in [0, 0.1) is 0 Å². The minimum Gasteiger partial charge on any atom is -0.372 e. The van der Waals surface area contributed by atoms with Crippen LogP contribution < -0.4 is 11.1 Å². The van der Waals surface area contributed by atoms with Gasteiger partial charge in [-0.05, 0) is 19.8 Å². The fraction of sp³-hybridized carbons (Fsp3) is 0.900. The molecule has 14 heavy (non-hydrogen) atoms. The SMILES string of the molecule is CCC(CC)(CN)NC(=O)C(C)OC. The summed E-state index contributed by atoms with van der Waals surface area (Å²) in [4.78, 5) is 11.6. The highest BCUT2D eigenvalue weighted by Crippen LogP contribution is 2.13. The van der Waals surface area contributed by atoms with E-state index in [2.05, 4.69) is 5.32 Å². The zero-order valence-electron chi connectivity index (χ0n) is 9.59. The Morgan fingerprint density at radius 1 is 1.50 bits per heavy atom. The van der Waals surface area contributed by atoms with Gasteiger partial charge in [0.2, 0.25) is 5.91 Å². The van der Waals surface area contributed by atoms with Crippen molar-refractivity contribution < 1.29 is 9.53 Å². The lowest BCUT2D eigenvalue weighted by Crippen LogP contribution is -2.55. The lowest BCUT2D eigenvalue weighted by atomic mass is 9.92. The number of nitrogens with one attached hydrogen (secondary N) is 1. The molecule has 84 valence electrons. The molecule has 0 heterocycles. The summed E-state index contributed by atoms with van der Waals surface area (Å²) in [7, 11) is 1.52. The standard InChI is InChI=1S/C10H22N2O2/c1-5-10(6-2,7-11)12-9(13)8(3)14-4/h8H,5-7,11H2,1-4H3,(H,12,13). The third kappa shape index (κ3) is 3.27. The van der Waals surface area contributed by atoms with Crippen LogP contribution in [0.4, 0.5) is 0 Å². The summed E-state index contributed by atoms with van der Waals surface area (Å²) in [6.45, 7) is 6.23. The van der Waals surface area contributed by atoms with Crippen LogP contribution in [0.5, 0.6) is 0 Å². The molecule has 3 N–H and O–H groups in total. The van der Waals surface area contributed by atoms with Crippen molar-refractivity contribution in [3.8, 4) is 0 Å². The van der Waals surface area contributed by atoms with E-state index in [-0.39, 0.29) is 11.4 Å². The molecule has 1 unspecified atom stereocenters. The first-order valence-corrected chi connectivity index (χ1v) is 5.10. The van der Waals surface area contributed by atoms with Gasteiger partial charge in [-0.25, -0.2) is 0 Å². The maximum absolute atomic E-state index is 11.6. The highest BCUT2D eigenvalue weighted by atomic mass is 16.5. The van der Waals surface area contributed by atoms with Gasteiger partial charge in [0.1, 0.15) is 6.10 Å². The van der Waals surface area contributed by atoms with Gasteiger partial charge in [-0.2, -0.15) is 0 Å². The molecule has 0 saturated heterocycles. The van der Waals surface area contributed by atoms with Gasteiger partial charge in [-0.1, -0.05) is 13.8 Å². The Hall–Kier alpha value is -0.610. The van der Waals surface area contributed by atoms with E-state index in [0.29, 0.717) is 6.54 Å². The van der Waals surface area contributed by atoms with Gasteiger partial charge in [0.25, 0.3) is 0 Å². The van der Waals surface area contributed by atoms with E-state index in [9.17, 15) is 4.79 Å². The molecule has 0 rings (SSSR count). The minimum atomic E-state index is -0.418. The highest BCUT2D eigenvalue weighted by molar-refractivity contribution is 5.81. The molecule has 0 aromatic rings. The third-order valence-electron chi connectivity index (χ3n) is 2.86. The van der Waals surface area contributed by atoms with Gasteiger partial charge >= 0.3 is 0 Å². The molecule has 0 fully saturated rings. The summed E-state index contributed by atoms with van der Waals surface area (Å²) in [5.41, 5.74) is 5.39. The molecule has 1 amide bonds. The molecule has 4 heteroatoms. The fourth-order valence-electron chi connectivity index (χ4n) is 1.24. The lowest BCUT2D eigenvalue weighted by molar-refractivity contribution is -0.132. The monoisotopic (exact) mass is 202 g/mol. The summed E-state index contributed by atoms with van der Waals surface area (Å²) in [6.07, 6.45) is 1.25. The number of carbonyl (C=O) groups is 1. The van der Waals surface area contributed by atoms with Gasteiger partial charge in [0, 0.05) is 13.7 Å². The van der Waals surface area contributed by atoms with Crippen molar-refractivity contribution >= 4 is 5.91 Å². The summed E-state index contributed by atoms with van der Waals surface area (Å²) in [6, 6.07) is 0. The molecule has 0 aromatic carbocycles. The van der Waals surface area contributed by atoms with Crippen molar-refractivity contribution in [1.29, 1.82) is 0 Å². The first-order chi connectivity index (χ1) is 6.55. The topological polar surface area (TPSA) is 64.3 Å². The fourth-order valence-corrected chi connectivity index (χ4v) is 1.24. The van der Waals surface area contributed by atoms with E-state index in [1.165, 1.54) is 7.11 Å². The summed E-state index contributed by atoms with van der Waals surface area (Å²) >= 11 is 0. The molecule has 0 aliphatic carbocycles. The lowest BCUT2D eigenvalue weighted by Gasteiger charge is -2.32. The van der Waals surface area contributed by atoms with Crippen LogP contribution in [0.3, 0.4) is 0 Å². The zero-order chi connectivity index (χ0) is 11.2. The van der Waals surface area contributed by atoms with Gasteiger partial charge in [-0.15, -0.1) is 0 Å². The molecule has 0 aromatic heterocycles. The summed E-state index contributed by atoms with van der Waals surface area (Å²) in [5, 5.41) is 2.94. The molecule has 1 atom stereocenters. The largest absolute Gasteiger partial charge is 0.372 e. The second-order valence-corrected chi connectivity index (χ2v) is 3.56. The number of rotatable bonds is 6. The van der Waals surface area contributed by atoms with E-state index in [1.54, 1.807) is 6.92 Å². The van der Waals surface area contributed by atoms with Crippen LogP contribution in [-0.2, 0) is 9.53 Å². The molecule has 0 saturated carbocycles. The zero-order valence-corrected chi connectivity index (χ0v) is 9.59. The minimum absolute atomic E-state index is 0.0957. The maximum Gasteiger partial charge on any atom is 0.249 e. The summed E-state index contributed by atoms with van der Waals surface area (Å²) < 4.78 is 4.94. The third-order valence-corrected chi connectivity index (χ3v) is 2.86. The Labute approximate surface area is 86.2 Å². The van der Waals surface area contributed by atoms with Crippen molar-refractivity contribution in [2.45, 2.75) is 45.3 Å². The van der Waals surface area contributed by atoms with Gasteiger partial charge < -0.3 is 15.8 Å². The van der Waals surface area contributed by atoms with Crippen LogP contribution in [-0.4, -0.2) is 31.2 Å². The first kappa shape index (κ1) is 13.4. The van der Waals surface area contributed by atoms with Crippen LogP contribution in [0.1, 0.15) is 33.6 Å². The van der Waals surface area contributed by atoms with E-state index < -0.39 is 6.10 Å². The molecular formula is C10H22N2O2. The van der Waals surface area contributed by atoms with Gasteiger partial charge in [0.05, 0.1) is 5.54 Å². The van der Waals surface area contributed by atoms with E-state index in [0.717, 1.165) is 12.8 Å². The molecular weight excluding hydrogens is 180 g/mol. The number of ether oxygens (including phenoxy) is 1. The molecule has 0 aliphatic rings. The highest BCUT2D eigenvalue weighted by Gasteiger charge is 2.28. The van der Waals surface area contributed by atoms with Gasteiger partial charge in [-0.3, -0.25) is 4.79 Å². The number of methoxy groups -OCH3 is 1. The predicted octanol–water partition coefficient (Wildman–Crippen LogP) is 0.655. The second kappa shape index (κ2) is 5.98. The number of nitrogens with two attached hydrogens (primary N) is 1. The van der Waals surface area contributed by atoms with E-state index >= 15 is 0 Å². The molecule has 0 aliphatic heterocycles. The second-order valence-electron chi connectivity index (χ2n) is 3.56. The first-order valence-electron chi connectivity index (χ1n) is 5.10.